The number of carbonyl (C=O) groups excluding carboxylic acids is 1. The molecule has 3 heterocycles. The van der Waals surface area contributed by atoms with Crippen LogP contribution in [0.25, 0.3) is 11.3 Å². The molecule has 0 bridgehead atoms. The first-order chi connectivity index (χ1) is 15.9. The zero-order chi connectivity index (χ0) is 24.8. The number of nitrogens with one attached hydrogen (secondary N) is 1. The average Bonchev–Trinajstić information content (AvgIpc) is 3.32. The number of benzene rings is 1. The summed E-state index contributed by atoms with van der Waals surface area (Å²) in [4.78, 5) is 16.6. The molecule has 0 aliphatic rings. The van der Waals surface area contributed by atoms with E-state index in [2.05, 4.69) is 20.5 Å². The molecule has 4 aromatic rings. The molecule has 0 saturated heterocycles. The highest BCUT2D eigenvalue weighted by atomic mass is 19.4. The summed E-state index contributed by atoms with van der Waals surface area (Å²) in [7, 11) is 0. The first kappa shape index (κ1) is 23.3. The second kappa shape index (κ2) is 8.19. The molecule has 0 fully saturated rings. The fourth-order valence-corrected chi connectivity index (χ4v) is 3.59. The van der Waals surface area contributed by atoms with Gasteiger partial charge in [0.15, 0.2) is 11.3 Å². The van der Waals surface area contributed by atoms with Crippen LogP contribution in [0.4, 0.5) is 22.0 Å². The van der Waals surface area contributed by atoms with E-state index in [9.17, 15) is 26.7 Å². The number of fused-ring (bicyclic) bond motifs is 1. The van der Waals surface area contributed by atoms with Crippen molar-refractivity contribution in [2.24, 2.45) is 0 Å². The lowest BCUT2D eigenvalue weighted by Gasteiger charge is -2.20. The molecule has 0 atom stereocenters. The van der Waals surface area contributed by atoms with Crippen LogP contribution >= 0.6 is 0 Å². The third-order valence-electron chi connectivity index (χ3n) is 5.33. The Morgan fingerprint density at radius 1 is 1.00 bits per heavy atom. The van der Waals surface area contributed by atoms with E-state index < -0.39 is 23.7 Å². The minimum Gasteiger partial charge on any atom is -0.346 e. The van der Waals surface area contributed by atoms with Gasteiger partial charge in [-0.1, -0.05) is 18.2 Å². The van der Waals surface area contributed by atoms with Gasteiger partial charge in [0.2, 0.25) is 0 Å². The van der Waals surface area contributed by atoms with E-state index in [-0.39, 0.29) is 23.6 Å². The average molecular weight is 478 g/mol. The summed E-state index contributed by atoms with van der Waals surface area (Å²) in [5.41, 5.74) is 0.885. The summed E-state index contributed by atoms with van der Waals surface area (Å²) in [6, 6.07) is 11.0. The molecule has 1 amide bonds. The van der Waals surface area contributed by atoms with Crippen LogP contribution in [0.1, 0.15) is 38.8 Å². The summed E-state index contributed by atoms with van der Waals surface area (Å²) >= 11 is 0. The first-order valence-corrected chi connectivity index (χ1v) is 10.1. The van der Waals surface area contributed by atoms with Gasteiger partial charge in [-0.25, -0.2) is 14.2 Å². The normalized spacial score (nSPS) is 12.4. The molecule has 0 radical (unpaired) electrons. The number of nitrogens with zero attached hydrogens (tertiary/aromatic N) is 5. The molecule has 1 aromatic carbocycles. The van der Waals surface area contributed by atoms with Gasteiger partial charge < -0.3 is 5.32 Å². The second-order valence-corrected chi connectivity index (χ2v) is 7.73. The maximum Gasteiger partial charge on any atom is 0.459 e. The Balaban J connectivity index is 1.62. The maximum atomic E-state index is 14.1. The molecular weight excluding hydrogens is 459 g/mol. The van der Waals surface area contributed by atoms with Crippen molar-refractivity contribution in [2.75, 3.05) is 0 Å². The lowest BCUT2D eigenvalue weighted by molar-refractivity contribution is -0.291. The maximum absolute atomic E-state index is 14.1. The molecule has 3 aromatic heterocycles. The highest BCUT2D eigenvalue weighted by Crippen LogP contribution is 2.43. The third-order valence-corrected chi connectivity index (χ3v) is 5.33. The largest absolute Gasteiger partial charge is 0.459 e. The Morgan fingerprint density at radius 3 is 2.32 bits per heavy atom. The third kappa shape index (κ3) is 3.99. The van der Waals surface area contributed by atoms with Crippen molar-refractivity contribution in [1.29, 1.82) is 0 Å². The fourth-order valence-electron chi connectivity index (χ4n) is 3.59. The van der Waals surface area contributed by atoms with Crippen LogP contribution < -0.4 is 5.32 Å². The number of rotatable bonds is 5. The van der Waals surface area contributed by atoms with E-state index in [1.807, 2.05) is 37.3 Å². The molecule has 0 unspecified atom stereocenters. The van der Waals surface area contributed by atoms with Crippen LogP contribution in [0.3, 0.4) is 0 Å². The van der Waals surface area contributed by atoms with E-state index >= 15 is 0 Å². The molecule has 12 heteroatoms. The molecule has 4 rings (SSSR count). The van der Waals surface area contributed by atoms with Crippen LogP contribution in [0.15, 0.2) is 42.5 Å². The predicted octanol–water partition coefficient (Wildman–Crippen LogP) is 4.42. The van der Waals surface area contributed by atoms with Crippen LogP contribution in [-0.4, -0.2) is 36.5 Å². The number of carbonyl (C=O) groups is 1. The number of hydrogen-bond donors (Lipinski definition) is 1. The van der Waals surface area contributed by atoms with Crippen LogP contribution in [0.2, 0.25) is 0 Å². The minimum atomic E-state index is -5.84. The van der Waals surface area contributed by atoms with Gasteiger partial charge in [-0.2, -0.15) is 32.1 Å². The molecule has 34 heavy (non-hydrogen) atoms. The lowest BCUT2D eigenvalue weighted by atomic mass is 10.2. The first-order valence-electron chi connectivity index (χ1n) is 10.1. The van der Waals surface area contributed by atoms with E-state index in [1.54, 1.807) is 11.6 Å². The SMILES string of the molecule is Cc1cc(C(F)(F)C(F)(F)F)n2nc(C(=O)NCc3c(C)nn(-c4ccccc4)c3C)cc2n1. The van der Waals surface area contributed by atoms with E-state index in [0.29, 0.717) is 16.3 Å². The fraction of sp³-hybridized carbons (Fsp3) is 0.273. The van der Waals surface area contributed by atoms with Crippen molar-refractivity contribution < 1.29 is 26.7 Å². The summed E-state index contributed by atoms with van der Waals surface area (Å²) in [6.07, 6.45) is -5.84. The smallest absolute Gasteiger partial charge is 0.346 e. The molecular formula is C22H19F5N6O. The van der Waals surface area contributed by atoms with Gasteiger partial charge in [-0.15, -0.1) is 0 Å². The Morgan fingerprint density at radius 2 is 1.68 bits per heavy atom. The highest BCUT2D eigenvalue weighted by Gasteiger charge is 2.60. The number of amides is 1. The molecule has 7 nitrogen and oxygen atoms in total. The number of aromatic nitrogens is 5. The van der Waals surface area contributed by atoms with Crippen LogP contribution in [0.5, 0.6) is 0 Å². The Hall–Kier alpha value is -3.83. The Labute approximate surface area is 190 Å². The molecule has 0 aliphatic carbocycles. The number of aryl methyl sites for hydroxylation is 2. The molecule has 0 aliphatic heterocycles. The van der Waals surface area contributed by atoms with Gasteiger partial charge in [0.05, 0.1) is 11.4 Å². The zero-order valence-electron chi connectivity index (χ0n) is 18.3. The van der Waals surface area contributed by atoms with Crippen molar-refractivity contribution >= 4 is 11.6 Å². The molecule has 178 valence electrons. The molecule has 1 N–H and O–H groups in total. The topological polar surface area (TPSA) is 77.1 Å². The van der Waals surface area contributed by atoms with Crippen LogP contribution in [0, 0.1) is 20.8 Å². The van der Waals surface area contributed by atoms with Gasteiger partial charge >= 0.3 is 12.1 Å². The van der Waals surface area contributed by atoms with Crippen molar-refractivity contribution in [1.82, 2.24) is 29.7 Å². The van der Waals surface area contributed by atoms with Crippen molar-refractivity contribution in [3.63, 3.8) is 0 Å². The van der Waals surface area contributed by atoms with Crippen LogP contribution in [-0.2, 0) is 12.5 Å². The quantitative estimate of drug-likeness (QED) is 0.431. The van der Waals surface area contributed by atoms with Crippen molar-refractivity contribution in [3.05, 3.63) is 76.5 Å². The number of hydrogen-bond acceptors (Lipinski definition) is 4. The number of para-hydroxylation sites is 1. The Kier molecular flexibility index (Phi) is 5.62. The van der Waals surface area contributed by atoms with Crippen molar-refractivity contribution in [2.45, 2.75) is 39.4 Å². The van der Waals surface area contributed by atoms with Gasteiger partial charge in [0.1, 0.15) is 5.69 Å². The molecule has 0 saturated carbocycles. The predicted molar refractivity (Wildman–Crippen MR) is 112 cm³/mol. The van der Waals surface area contributed by atoms with Crippen molar-refractivity contribution in [3.8, 4) is 5.69 Å². The summed E-state index contributed by atoms with van der Waals surface area (Å²) < 4.78 is 69.1. The summed E-state index contributed by atoms with van der Waals surface area (Å²) in [6.45, 7) is 4.93. The van der Waals surface area contributed by atoms with E-state index in [4.69, 9.17) is 0 Å². The highest BCUT2D eigenvalue weighted by molar-refractivity contribution is 5.93. The monoisotopic (exact) mass is 478 g/mol. The number of alkyl halides is 5. The zero-order valence-corrected chi connectivity index (χ0v) is 18.3. The van der Waals surface area contributed by atoms with Gasteiger partial charge in [-0.3, -0.25) is 4.79 Å². The lowest BCUT2D eigenvalue weighted by Crippen LogP contribution is -2.36. The van der Waals surface area contributed by atoms with Gasteiger partial charge in [-0.05, 0) is 39.0 Å². The molecule has 0 spiro atoms. The standard InChI is InChI=1S/C22H19F5N6O/c1-12-9-18(21(23,24)22(25,26)27)33-19(29-12)10-17(31-33)20(34)28-11-16-13(2)30-32(14(16)3)15-7-5-4-6-8-15/h4-10H,11H2,1-3H3,(H,28,34). The Bertz CT molecular complexity index is 1370. The summed E-state index contributed by atoms with van der Waals surface area (Å²) in [5, 5.41) is 10.8. The second-order valence-electron chi connectivity index (χ2n) is 7.73. The number of halogens is 5. The van der Waals surface area contributed by atoms with Gasteiger partial charge in [0.25, 0.3) is 5.91 Å². The minimum absolute atomic E-state index is 0.0508. The summed E-state index contributed by atoms with van der Waals surface area (Å²) in [5.74, 6) is -5.94. The van der Waals surface area contributed by atoms with E-state index in [1.165, 1.54) is 6.92 Å². The van der Waals surface area contributed by atoms with E-state index in [0.717, 1.165) is 23.0 Å². The van der Waals surface area contributed by atoms with Gasteiger partial charge in [0, 0.05) is 29.6 Å².